The van der Waals surface area contributed by atoms with Gasteiger partial charge >= 0.3 is 0 Å². The molecule has 1 amide bonds. The van der Waals surface area contributed by atoms with Crippen LogP contribution in [0.4, 0.5) is 5.69 Å². The highest BCUT2D eigenvalue weighted by Gasteiger charge is 2.24. The van der Waals surface area contributed by atoms with Crippen LogP contribution < -0.4 is 10.2 Å². The van der Waals surface area contributed by atoms with Crippen molar-refractivity contribution in [3.05, 3.63) is 29.8 Å². The normalized spacial score (nSPS) is 21.4. The highest BCUT2D eigenvalue weighted by atomic mass is 16.1. The Kier molecular flexibility index (Phi) is 5.21. The fourth-order valence-corrected chi connectivity index (χ4v) is 3.63. The smallest absolute Gasteiger partial charge is 0.223 e. The van der Waals surface area contributed by atoms with Crippen molar-refractivity contribution < 1.29 is 4.79 Å². The second kappa shape index (κ2) is 7.35. The first-order valence-corrected chi connectivity index (χ1v) is 8.97. The van der Waals surface area contributed by atoms with Crippen LogP contribution in [0.3, 0.4) is 0 Å². The van der Waals surface area contributed by atoms with Gasteiger partial charge in [-0.1, -0.05) is 12.1 Å². The monoisotopic (exact) mass is 315 g/mol. The van der Waals surface area contributed by atoms with Gasteiger partial charge in [-0.15, -0.1) is 0 Å². The average Bonchev–Trinajstić information content (AvgIpc) is 3.10. The molecule has 0 saturated carbocycles. The van der Waals surface area contributed by atoms with Gasteiger partial charge in [-0.2, -0.15) is 0 Å². The minimum Gasteiger partial charge on any atom is -0.372 e. The third-order valence-corrected chi connectivity index (χ3v) is 5.31. The van der Waals surface area contributed by atoms with Gasteiger partial charge in [0.15, 0.2) is 0 Å². The van der Waals surface area contributed by atoms with E-state index in [1.807, 2.05) is 0 Å². The maximum atomic E-state index is 12.4. The second-order valence-corrected chi connectivity index (χ2v) is 7.09. The summed E-state index contributed by atoms with van der Waals surface area (Å²) in [6.45, 7) is 6.47. The number of carbonyl (C=O) groups excluding carboxylic acids is 1. The summed E-state index contributed by atoms with van der Waals surface area (Å²) in [5, 5.41) is 3.20. The number of likely N-dealkylation sites (tertiary alicyclic amines) is 1. The van der Waals surface area contributed by atoms with Gasteiger partial charge in [0, 0.05) is 24.7 Å². The molecule has 23 heavy (non-hydrogen) atoms. The first-order chi connectivity index (χ1) is 11.1. The van der Waals surface area contributed by atoms with E-state index in [1.165, 1.54) is 37.2 Å². The van der Waals surface area contributed by atoms with E-state index in [0.29, 0.717) is 0 Å². The van der Waals surface area contributed by atoms with Gasteiger partial charge < -0.3 is 15.1 Å². The highest BCUT2D eigenvalue weighted by Crippen LogP contribution is 2.23. The Morgan fingerprint density at radius 3 is 2.30 bits per heavy atom. The average molecular weight is 315 g/mol. The molecule has 2 aliphatic rings. The molecule has 2 saturated heterocycles. The summed E-state index contributed by atoms with van der Waals surface area (Å²) in [5.74, 6) is 0.395. The quantitative estimate of drug-likeness (QED) is 0.928. The van der Waals surface area contributed by atoms with Crippen LogP contribution in [0.5, 0.6) is 0 Å². The summed E-state index contributed by atoms with van der Waals surface area (Å²) < 4.78 is 0. The van der Waals surface area contributed by atoms with Crippen LogP contribution in [-0.4, -0.2) is 44.0 Å². The molecule has 4 nitrogen and oxygen atoms in total. The second-order valence-electron chi connectivity index (χ2n) is 7.09. The van der Waals surface area contributed by atoms with Gasteiger partial charge in [0.25, 0.3) is 0 Å². The summed E-state index contributed by atoms with van der Waals surface area (Å²) in [6.07, 6.45) is 4.54. The Balaban J connectivity index is 1.55. The number of hydrogen-bond acceptors (Lipinski definition) is 3. The zero-order chi connectivity index (χ0) is 16.2. The maximum absolute atomic E-state index is 12.4. The van der Waals surface area contributed by atoms with E-state index in [0.717, 1.165) is 25.9 Å². The van der Waals surface area contributed by atoms with E-state index in [2.05, 4.69) is 53.4 Å². The lowest BCUT2D eigenvalue weighted by molar-refractivity contribution is -0.127. The van der Waals surface area contributed by atoms with E-state index in [1.54, 1.807) is 0 Å². The molecular weight excluding hydrogens is 286 g/mol. The van der Waals surface area contributed by atoms with Crippen LogP contribution in [-0.2, 0) is 4.79 Å². The minimum absolute atomic E-state index is 0.0785. The van der Waals surface area contributed by atoms with E-state index in [-0.39, 0.29) is 17.9 Å². The zero-order valence-corrected chi connectivity index (χ0v) is 14.4. The molecule has 0 aromatic heterocycles. The van der Waals surface area contributed by atoms with E-state index in [4.69, 9.17) is 0 Å². The predicted molar refractivity (Wildman–Crippen MR) is 94.7 cm³/mol. The maximum Gasteiger partial charge on any atom is 0.223 e. The van der Waals surface area contributed by atoms with Crippen molar-refractivity contribution in [1.29, 1.82) is 0 Å². The lowest BCUT2D eigenvalue weighted by Gasteiger charge is -2.29. The topological polar surface area (TPSA) is 35.6 Å². The van der Waals surface area contributed by atoms with Gasteiger partial charge in [-0.25, -0.2) is 0 Å². The summed E-state index contributed by atoms with van der Waals surface area (Å²) in [4.78, 5) is 17.2. The van der Waals surface area contributed by atoms with Gasteiger partial charge in [-0.3, -0.25) is 4.79 Å². The Bertz CT molecular complexity index is 514. The molecule has 1 aromatic carbocycles. The molecule has 0 radical (unpaired) electrons. The lowest BCUT2D eigenvalue weighted by Crippen LogP contribution is -2.39. The molecule has 1 unspecified atom stereocenters. The number of benzene rings is 1. The third kappa shape index (κ3) is 4.05. The van der Waals surface area contributed by atoms with Crippen molar-refractivity contribution in [2.24, 2.45) is 5.92 Å². The first-order valence-electron chi connectivity index (χ1n) is 8.97. The number of rotatable bonds is 4. The van der Waals surface area contributed by atoms with E-state index < -0.39 is 0 Å². The molecule has 1 N–H and O–H groups in total. The standard InChI is InChI=1S/C19H29N3O/c1-15(20-19(23)17-9-13-21(2)14-10-17)16-5-7-18(8-6-16)22-11-3-4-12-22/h5-8,15,17H,3-4,9-14H2,1-2H3,(H,20,23). The van der Waals surface area contributed by atoms with Crippen LogP contribution in [0, 0.1) is 5.92 Å². The zero-order valence-electron chi connectivity index (χ0n) is 14.4. The van der Waals surface area contributed by atoms with E-state index >= 15 is 0 Å². The van der Waals surface area contributed by atoms with Gasteiger partial charge in [0.1, 0.15) is 0 Å². The van der Waals surface area contributed by atoms with Crippen molar-refractivity contribution in [2.75, 3.05) is 38.1 Å². The highest BCUT2D eigenvalue weighted by molar-refractivity contribution is 5.79. The van der Waals surface area contributed by atoms with Gasteiger partial charge in [-0.05, 0) is 70.4 Å². The Morgan fingerprint density at radius 2 is 1.70 bits per heavy atom. The molecule has 2 fully saturated rings. The molecule has 3 rings (SSSR count). The minimum atomic E-state index is 0.0785. The molecule has 2 aliphatic heterocycles. The molecular formula is C19H29N3O. The predicted octanol–water partition coefficient (Wildman–Crippen LogP) is 2.81. The van der Waals surface area contributed by atoms with Crippen molar-refractivity contribution in [1.82, 2.24) is 10.2 Å². The SMILES string of the molecule is CC(NC(=O)C1CCN(C)CC1)c1ccc(N2CCCC2)cc1. The van der Waals surface area contributed by atoms with Gasteiger partial charge in [0.05, 0.1) is 6.04 Å². The van der Waals surface area contributed by atoms with Crippen molar-refractivity contribution in [3.8, 4) is 0 Å². The summed E-state index contributed by atoms with van der Waals surface area (Å²) >= 11 is 0. The molecule has 0 bridgehead atoms. The number of hydrogen-bond donors (Lipinski definition) is 1. The fraction of sp³-hybridized carbons (Fsp3) is 0.632. The lowest BCUT2D eigenvalue weighted by atomic mass is 9.95. The van der Waals surface area contributed by atoms with Crippen LogP contribution in [0.25, 0.3) is 0 Å². The summed E-state index contributed by atoms with van der Waals surface area (Å²) in [7, 11) is 2.12. The molecule has 126 valence electrons. The van der Waals surface area contributed by atoms with Crippen LogP contribution in [0.15, 0.2) is 24.3 Å². The van der Waals surface area contributed by atoms with Crippen molar-refractivity contribution >= 4 is 11.6 Å². The molecule has 1 atom stereocenters. The molecule has 2 heterocycles. The van der Waals surface area contributed by atoms with Gasteiger partial charge in [0.2, 0.25) is 5.91 Å². The summed E-state index contributed by atoms with van der Waals surface area (Å²) in [6, 6.07) is 8.79. The summed E-state index contributed by atoms with van der Waals surface area (Å²) in [5.41, 5.74) is 2.49. The largest absolute Gasteiger partial charge is 0.372 e. The third-order valence-electron chi connectivity index (χ3n) is 5.31. The Hall–Kier alpha value is -1.55. The fourth-order valence-electron chi connectivity index (χ4n) is 3.63. The number of anilines is 1. The number of amides is 1. The van der Waals surface area contributed by atoms with Crippen LogP contribution in [0.1, 0.15) is 44.2 Å². The first kappa shape index (κ1) is 16.3. The van der Waals surface area contributed by atoms with Crippen LogP contribution in [0.2, 0.25) is 0 Å². The van der Waals surface area contributed by atoms with Crippen LogP contribution >= 0.6 is 0 Å². The van der Waals surface area contributed by atoms with E-state index in [9.17, 15) is 4.79 Å². The number of nitrogens with one attached hydrogen (secondary N) is 1. The number of carbonyl (C=O) groups is 1. The molecule has 1 aromatic rings. The Morgan fingerprint density at radius 1 is 1.09 bits per heavy atom. The molecule has 0 spiro atoms. The Labute approximate surface area is 139 Å². The van der Waals surface area contributed by atoms with Crippen molar-refractivity contribution in [3.63, 3.8) is 0 Å². The molecule has 4 heteroatoms. The number of nitrogens with zero attached hydrogens (tertiary/aromatic N) is 2. The number of piperidine rings is 1. The molecule has 0 aliphatic carbocycles. The van der Waals surface area contributed by atoms with Crippen molar-refractivity contribution in [2.45, 2.75) is 38.6 Å².